The van der Waals surface area contributed by atoms with Crippen LogP contribution in [0.15, 0.2) is 53.6 Å². The van der Waals surface area contributed by atoms with Crippen LogP contribution < -0.4 is 4.74 Å². The van der Waals surface area contributed by atoms with E-state index in [2.05, 4.69) is 9.72 Å². The third kappa shape index (κ3) is 4.56. The average Bonchev–Trinajstić information content (AvgIpc) is 3.06. The minimum atomic E-state index is -1.49. The maximum absolute atomic E-state index is 14.7. The minimum Gasteiger partial charge on any atom is -0.491 e. The first kappa shape index (κ1) is 23.6. The van der Waals surface area contributed by atoms with Crippen molar-refractivity contribution in [2.24, 2.45) is 0 Å². The predicted octanol–water partition coefficient (Wildman–Crippen LogP) is 3.75. The molecule has 0 radical (unpaired) electrons. The quantitative estimate of drug-likeness (QED) is 0.527. The van der Waals surface area contributed by atoms with Crippen molar-refractivity contribution in [3.63, 3.8) is 0 Å². The highest BCUT2D eigenvalue weighted by molar-refractivity contribution is 7.84. The molecule has 1 unspecified atom stereocenters. The van der Waals surface area contributed by atoms with Crippen molar-refractivity contribution < 1.29 is 27.7 Å². The molecule has 2 heterocycles. The summed E-state index contributed by atoms with van der Waals surface area (Å²) in [7, 11) is -0.188. The second-order valence-corrected chi connectivity index (χ2v) is 9.17. The Bertz CT molecular complexity index is 1290. The molecule has 34 heavy (non-hydrogen) atoms. The molecule has 1 atom stereocenters. The van der Waals surface area contributed by atoms with Gasteiger partial charge in [0.2, 0.25) is 0 Å². The first-order chi connectivity index (χ1) is 16.3. The van der Waals surface area contributed by atoms with Gasteiger partial charge in [-0.1, -0.05) is 12.1 Å². The molecule has 0 saturated carbocycles. The fraction of sp³-hybridized carbons (Fsp3) is 0.240. The Morgan fingerprint density at radius 3 is 2.59 bits per heavy atom. The van der Waals surface area contributed by atoms with E-state index < -0.39 is 22.6 Å². The topological polar surface area (TPSA) is 85.8 Å². The molecular weight excluding hydrogens is 459 g/mol. The number of halogens is 1. The number of aromatic nitrogens is 1. The van der Waals surface area contributed by atoms with Gasteiger partial charge in [-0.2, -0.15) is 0 Å². The van der Waals surface area contributed by atoms with Crippen LogP contribution in [0.25, 0.3) is 11.1 Å². The number of methoxy groups -OCH3 is 1. The number of benzene rings is 2. The van der Waals surface area contributed by atoms with Crippen molar-refractivity contribution in [1.29, 1.82) is 0 Å². The molecule has 0 bridgehead atoms. The van der Waals surface area contributed by atoms with E-state index >= 15 is 0 Å². The minimum absolute atomic E-state index is 0.0788. The van der Waals surface area contributed by atoms with Gasteiger partial charge in [0.05, 0.1) is 29.3 Å². The van der Waals surface area contributed by atoms with Crippen LogP contribution in [-0.4, -0.2) is 52.5 Å². The van der Waals surface area contributed by atoms with Crippen LogP contribution in [0.4, 0.5) is 4.39 Å². The van der Waals surface area contributed by atoms with Crippen LogP contribution in [0, 0.1) is 12.7 Å². The molecule has 0 saturated heterocycles. The molecule has 0 fully saturated rings. The largest absolute Gasteiger partial charge is 0.491 e. The Labute approximate surface area is 199 Å². The second-order valence-electron chi connectivity index (χ2n) is 7.83. The molecule has 2 aromatic carbocycles. The van der Waals surface area contributed by atoms with E-state index in [9.17, 15) is 18.2 Å². The molecule has 1 aromatic heterocycles. The molecule has 9 heteroatoms. The maximum atomic E-state index is 14.7. The van der Waals surface area contributed by atoms with Crippen LogP contribution in [0.1, 0.15) is 32.0 Å². The fourth-order valence-corrected chi connectivity index (χ4v) is 4.49. The first-order valence-corrected chi connectivity index (χ1v) is 12.1. The summed E-state index contributed by atoms with van der Waals surface area (Å²) < 4.78 is 36.9. The zero-order valence-corrected chi connectivity index (χ0v) is 19.8. The standard InChI is InChI=1S/C25H23FN2O5S/c1-15-19(6-9-22(23(15)26)34(3)31)24(29)28-10-11-33-21-8-5-16(12-18(21)14-28)17-4-7-20(27-13-17)25(30)32-2/h4-9,12-13H,10-11,14H2,1-3H3. The zero-order chi connectivity index (χ0) is 24.4. The van der Waals surface area contributed by atoms with Crippen molar-refractivity contribution in [3.8, 4) is 16.9 Å². The molecule has 3 aromatic rings. The van der Waals surface area contributed by atoms with Gasteiger partial charge in [0.25, 0.3) is 5.91 Å². The zero-order valence-electron chi connectivity index (χ0n) is 19.0. The predicted molar refractivity (Wildman–Crippen MR) is 125 cm³/mol. The van der Waals surface area contributed by atoms with E-state index in [0.29, 0.717) is 18.9 Å². The van der Waals surface area contributed by atoms with Crippen molar-refractivity contribution >= 4 is 22.7 Å². The number of esters is 1. The van der Waals surface area contributed by atoms with E-state index in [4.69, 9.17) is 4.74 Å². The molecule has 1 aliphatic rings. The van der Waals surface area contributed by atoms with Crippen molar-refractivity contribution in [1.82, 2.24) is 9.88 Å². The third-order valence-electron chi connectivity index (χ3n) is 5.71. The van der Waals surface area contributed by atoms with Gasteiger partial charge in [0.15, 0.2) is 0 Å². The highest BCUT2D eigenvalue weighted by Crippen LogP contribution is 2.30. The number of rotatable bonds is 4. The number of hydrogen-bond donors (Lipinski definition) is 0. The van der Waals surface area contributed by atoms with Gasteiger partial charge >= 0.3 is 5.97 Å². The Hall–Kier alpha value is -3.59. The number of amides is 1. The molecule has 0 N–H and O–H groups in total. The van der Waals surface area contributed by atoms with Crippen LogP contribution in [-0.2, 0) is 22.1 Å². The highest BCUT2D eigenvalue weighted by atomic mass is 32.2. The highest BCUT2D eigenvalue weighted by Gasteiger charge is 2.25. The molecule has 1 amide bonds. The normalized spacial score (nSPS) is 13.9. The number of nitrogens with zero attached hydrogens (tertiary/aromatic N) is 2. The van der Waals surface area contributed by atoms with Gasteiger partial charge < -0.3 is 14.4 Å². The number of ether oxygens (including phenoxy) is 2. The summed E-state index contributed by atoms with van der Waals surface area (Å²) in [5.74, 6) is -0.794. The van der Waals surface area contributed by atoms with Crippen LogP contribution in [0.3, 0.4) is 0 Å². The Balaban J connectivity index is 1.62. The van der Waals surface area contributed by atoms with Crippen molar-refractivity contribution in [3.05, 3.63) is 76.9 Å². The molecule has 1 aliphatic heterocycles. The van der Waals surface area contributed by atoms with Crippen LogP contribution in [0.5, 0.6) is 5.75 Å². The molecule has 4 rings (SSSR count). The smallest absolute Gasteiger partial charge is 0.356 e. The SMILES string of the molecule is COC(=O)c1ccc(-c2ccc3c(c2)CN(C(=O)c2ccc(S(C)=O)c(F)c2C)CCO3)cn1. The number of fused-ring (bicyclic) bond motifs is 1. The van der Waals surface area contributed by atoms with Crippen LogP contribution in [0.2, 0.25) is 0 Å². The molecule has 0 aliphatic carbocycles. The summed E-state index contributed by atoms with van der Waals surface area (Å²) >= 11 is 0. The monoisotopic (exact) mass is 482 g/mol. The fourth-order valence-electron chi connectivity index (χ4n) is 3.82. The lowest BCUT2D eigenvalue weighted by atomic mass is 10.0. The van der Waals surface area contributed by atoms with E-state index in [0.717, 1.165) is 16.7 Å². The van der Waals surface area contributed by atoms with Gasteiger partial charge in [-0.05, 0) is 48.4 Å². The van der Waals surface area contributed by atoms with Crippen LogP contribution >= 0.6 is 0 Å². The van der Waals surface area contributed by atoms with E-state index in [1.165, 1.54) is 32.4 Å². The van der Waals surface area contributed by atoms with Crippen molar-refractivity contribution in [2.75, 3.05) is 26.5 Å². The lowest BCUT2D eigenvalue weighted by Gasteiger charge is -2.21. The molecule has 0 spiro atoms. The summed E-state index contributed by atoms with van der Waals surface area (Å²) in [4.78, 5) is 30.7. The summed E-state index contributed by atoms with van der Waals surface area (Å²) in [5, 5.41) is 0. The maximum Gasteiger partial charge on any atom is 0.356 e. The lowest BCUT2D eigenvalue weighted by molar-refractivity contribution is 0.0593. The van der Waals surface area contributed by atoms with Gasteiger partial charge in [-0.25, -0.2) is 14.2 Å². The number of carbonyl (C=O) groups is 2. The summed E-state index contributed by atoms with van der Waals surface area (Å²) in [6.45, 7) is 2.43. The van der Waals surface area contributed by atoms with E-state index in [1.807, 2.05) is 18.2 Å². The molecule has 176 valence electrons. The third-order valence-corrected chi connectivity index (χ3v) is 6.64. The summed E-state index contributed by atoms with van der Waals surface area (Å²) in [6, 6.07) is 11.9. The Morgan fingerprint density at radius 2 is 1.91 bits per heavy atom. The summed E-state index contributed by atoms with van der Waals surface area (Å²) in [6.07, 6.45) is 2.98. The second kappa shape index (κ2) is 9.72. The lowest BCUT2D eigenvalue weighted by Crippen LogP contribution is -2.33. The summed E-state index contributed by atoms with van der Waals surface area (Å²) in [5.41, 5.74) is 3.05. The van der Waals surface area contributed by atoms with E-state index in [-0.39, 0.29) is 34.2 Å². The number of pyridine rings is 1. The van der Waals surface area contributed by atoms with Gasteiger partial charge in [0.1, 0.15) is 23.9 Å². The molecular formula is C25H23FN2O5S. The van der Waals surface area contributed by atoms with Crippen molar-refractivity contribution in [2.45, 2.75) is 18.4 Å². The van der Waals surface area contributed by atoms with Gasteiger partial charge in [-0.3, -0.25) is 9.00 Å². The Kier molecular flexibility index (Phi) is 6.74. The van der Waals surface area contributed by atoms with Gasteiger partial charge in [-0.15, -0.1) is 0 Å². The Morgan fingerprint density at radius 1 is 1.15 bits per heavy atom. The average molecular weight is 483 g/mol. The molecule has 7 nitrogen and oxygen atoms in total. The van der Waals surface area contributed by atoms with Gasteiger partial charge in [0, 0.05) is 35.7 Å². The first-order valence-electron chi connectivity index (χ1n) is 10.5. The number of carbonyl (C=O) groups excluding carboxylic acids is 2. The van der Waals surface area contributed by atoms with E-state index in [1.54, 1.807) is 23.2 Å². The number of hydrogen-bond acceptors (Lipinski definition) is 6.